The van der Waals surface area contributed by atoms with E-state index in [1.54, 1.807) is 20.8 Å². The van der Waals surface area contributed by atoms with E-state index in [0.29, 0.717) is 0 Å². The highest BCUT2D eigenvalue weighted by molar-refractivity contribution is 5.75. The molecule has 1 aliphatic heterocycles. The average molecular weight is 324 g/mol. The van der Waals surface area contributed by atoms with Gasteiger partial charge in [0.25, 0.3) is 0 Å². The molecule has 128 valence electrons. The first-order chi connectivity index (χ1) is 10.8. The van der Waals surface area contributed by atoms with Gasteiger partial charge in [0.15, 0.2) is 6.29 Å². The standard InChI is InChI=1S/C17H24O6/c1-17(2,3)16(20)22-10-12-14(13(18)15(19)23-12)21-9-11-7-5-4-6-8-11/h4-8,12-15,18-19H,9-10H2,1-3H3/t12-,13-,14-,15?/m1/s1. The first-order valence-corrected chi connectivity index (χ1v) is 7.63. The van der Waals surface area contributed by atoms with Gasteiger partial charge in [0, 0.05) is 0 Å². The molecule has 23 heavy (non-hydrogen) atoms. The zero-order chi connectivity index (χ0) is 17.0. The van der Waals surface area contributed by atoms with Crippen LogP contribution >= 0.6 is 0 Å². The maximum Gasteiger partial charge on any atom is 0.311 e. The van der Waals surface area contributed by atoms with Gasteiger partial charge in [-0.3, -0.25) is 4.79 Å². The van der Waals surface area contributed by atoms with Crippen molar-refractivity contribution in [1.29, 1.82) is 0 Å². The number of benzene rings is 1. The van der Waals surface area contributed by atoms with Crippen LogP contribution < -0.4 is 0 Å². The molecule has 1 heterocycles. The molecule has 4 atom stereocenters. The molecule has 1 aliphatic rings. The quantitative estimate of drug-likeness (QED) is 0.793. The highest BCUT2D eigenvalue weighted by Gasteiger charge is 2.44. The van der Waals surface area contributed by atoms with Crippen molar-refractivity contribution in [1.82, 2.24) is 0 Å². The summed E-state index contributed by atoms with van der Waals surface area (Å²) in [4.78, 5) is 11.8. The Balaban J connectivity index is 1.93. The predicted molar refractivity (Wildman–Crippen MR) is 82.3 cm³/mol. The van der Waals surface area contributed by atoms with Crippen molar-refractivity contribution in [3.8, 4) is 0 Å². The summed E-state index contributed by atoms with van der Waals surface area (Å²) in [5.74, 6) is -0.376. The Labute approximate surface area is 136 Å². The van der Waals surface area contributed by atoms with Gasteiger partial charge in [-0.25, -0.2) is 0 Å². The van der Waals surface area contributed by atoms with Crippen LogP contribution in [0.3, 0.4) is 0 Å². The number of carbonyl (C=O) groups is 1. The second kappa shape index (κ2) is 7.40. The molecule has 0 spiro atoms. The van der Waals surface area contributed by atoms with Crippen molar-refractivity contribution in [3.63, 3.8) is 0 Å². The molecule has 0 aliphatic carbocycles. The van der Waals surface area contributed by atoms with Crippen LogP contribution in [0.5, 0.6) is 0 Å². The number of rotatable bonds is 5. The van der Waals surface area contributed by atoms with Crippen LogP contribution in [0, 0.1) is 5.41 Å². The zero-order valence-electron chi connectivity index (χ0n) is 13.6. The van der Waals surface area contributed by atoms with Gasteiger partial charge >= 0.3 is 5.97 Å². The largest absolute Gasteiger partial charge is 0.462 e. The monoisotopic (exact) mass is 324 g/mol. The van der Waals surface area contributed by atoms with Crippen LogP contribution in [0.15, 0.2) is 30.3 Å². The lowest BCUT2D eigenvalue weighted by Crippen LogP contribution is -2.38. The van der Waals surface area contributed by atoms with Gasteiger partial charge in [-0.15, -0.1) is 0 Å². The molecule has 2 N–H and O–H groups in total. The van der Waals surface area contributed by atoms with E-state index in [9.17, 15) is 15.0 Å². The maximum absolute atomic E-state index is 11.8. The van der Waals surface area contributed by atoms with Crippen LogP contribution in [0.25, 0.3) is 0 Å². The highest BCUT2D eigenvalue weighted by Crippen LogP contribution is 2.25. The Morgan fingerprint density at radius 3 is 2.48 bits per heavy atom. The molecular weight excluding hydrogens is 300 g/mol. The summed E-state index contributed by atoms with van der Waals surface area (Å²) in [6.45, 7) is 5.43. The summed E-state index contributed by atoms with van der Waals surface area (Å²) in [6, 6.07) is 9.46. The number of hydrogen-bond acceptors (Lipinski definition) is 6. The third-order valence-electron chi connectivity index (χ3n) is 3.59. The first-order valence-electron chi connectivity index (χ1n) is 7.63. The molecule has 6 heteroatoms. The van der Waals surface area contributed by atoms with Crippen molar-refractivity contribution in [3.05, 3.63) is 35.9 Å². The van der Waals surface area contributed by atoms with Gasteiger partial charge in [0.05, 0.1) is 12.0 Å². The zero-order valence-corrected chi connectivity index (χ0v) is 13.6. The molecule has 0 amide bonds. The number of hydrogen-bond donors (Lipinski definition) is 2. The minimum absolute atomic E-state index is 0.0797. The summed E-state index contributed by atoms with van der Waals surface area (Å²) >= 11 is 0. The van der Waals surface area contributed by atoms with Crippen LogP contribution in [0.1, 0.15) is 26.3 Å². The molecular formula is C17H24O6. The predicted octanol–water partition coefficient (Wildman–Crippen LogP) is 1.24. The van der Waals surface area contributed by atoms with E-state index >= 15 is 0 Å². The van der Waals surface area contributed by atoms with Crippen molar-refractivity contribution in [2.75, 3.05) is 6.61 Å². The van der Waals surface area contributed by atoms with Crippen molar-refractivity contribution in [2.24, 2.45) is 5.41 Å². The minimum atomic E-state index is -1.35. The molecule has 1 aromatic carbocycles. The van der Waals surface area contributed by atoms with Crippen LogP contribution in [-0.2, 0) is 25.6 Å². The third kappa shape index (κ3) is 4.75. The first kappa shape index (κ1) is 17.9. The van der Waals surface area contributed by atoms with Gasteiger partial charge in [0.1, 0.15) is 24.9 Å². The topological polar surface area (TPSA) is 85.2 Å². The molecule has 6 nitrogen and oxygen atoms in total. The Morgan fingerprint density at radius 2 is 1.87 bits per heavy atom. The smallest absolute Gasteiger partial charge is 0.311 e. The van der Waals surface area contributed by atoms with Gasteiger partial charge in [0.2, 0.25) is 0 Å². The summed E-state index contributed by atoms with van der Waals surface area (Å²) in [7, 11) is 0. The van der Waals surface area contributed by atoms with Crippen LogP contribution in [-0.4, -0.2) is 47.4 Å². The molecule has 2 rings (SSSR count). The molecule has 1 fully saturated rings. The van der Waals surface area contributed by atoms with E-state index in [-0.39, 0.29) is 19.2 Å². The van der Waals surface area contributed by atoms with E-state index in [0.717, 1.165) is 5.56 Å². The molecule has 1 aromatic rings. The lowest BCUT2D eigenvalue weighted by Gasteiger charge is -2.22. The fraction of sp³-hybridized carbons (Fsp3) is 0.588. The molecule has 1 saturated heterocycles. The summed E-state index contributed by atoms with van der Waals surface area (Å²) in [5.41, 5.74) is 0.308. The van der Waals surface area contributed by atoms with Crippen molar-refractivity contribution in [2.45, 2.75) is 52.0 Å². The number of carbonyl (C=O) groups excluding carboxylic acids is 1. The molecule has 0 aromatic heterocycles. The number of ether oxygens (including phenoxy) is 3. The van der Waals surface area contributed by atoms with Gasteiger partial charge in [-0.05, 0) is 26.3 Å². The van der Waals surface area contributed by atoms with Crippen molar-refractivity contribution >= 4 is 5.97 Å². The van der Waals surface area contributed by atoms with E-state index in [1.807, 2.05) is 30.3 Å². The fourth-order valence-electron chi connectivity index (χ4n) is 2.20. The third-order valence-corrected chi connectivity index (χ3v) is 3.59. The fourth-order valence-corrected chi connectivity index (χ4v) is 2.20. The second-order valence-corrected chi connectivity index (χ2v) is 6.67. The van der Waals surface area contributed by atoms with Gasteiger partial charge < -0.3 is 24.4 Å². The van der Waals surface area contributed by atoms with Crippen LogP contribution in [0.2, 0.25) is 0 Å². The lowest BCUT2D eigenvalue weighted by atomic mass is 9.97. The van der Waals surface area contributed by atoms with Crippen LogP contribution in [0.4, 0.5) is 0 Å². The highest BCUT2D eigenvalue weighted by atomic mass is 16.7. The lowest BCUT2D eigenvalue weighted by molar-refractivity contribution is -0.165. The molecule has 1 unspecified atom stereocenters. The Morgan fingerprint density at radius 1 is 1.22 bits per heavy atom. The van der Waals surface area contributed by atoms with E-state index in [2.05, 4.69) is 0 Å². The maximum atomic E-state index is 11.8. The Bertz CT molecular complexity index is 510. The van der Waals surface area contributed by atoms with Crippen molar-refractivity contribution < 1.29 is 29.2 Å². The van der Waals surface area contributed by atoms with Gasteiger partial charge in [-0.1, -0.05) is 30.3 Å². The summed E-state index contributed by atoms with van der Waals surface area (Å²) in [5, 5.41) is 19.7. The minimum Gasteiger partial charge on any atom is -0.462 e. The number of esters is 1. The molecule has 0 bridgehead atoms. The van der Waals surface area contributed by atoms with Gasteiger partial charge in [-0.2, -0.15) is 0 Å². The van der Waals surface area contributed by atoms with E-state index in [4.69, 9.17) is 14.2 Å². The Kier molecular flexibility index (Phi) is 5.75. The molecule has 0 radical (unpaired) electrons. The summed E-state index contributed by atoms with van der Waals surface area (Å²) < 4.78 is 16.1. The normalized spacial score (nSPS) is 27.9. The van der Waals surface area contributed by atoms with E-state index in [1.165, 1.54) is 0 Å². The number of aliphatic hydroxyl groups is 2. The summed E-state index contributed by atoms with van der Waals surface area (Å²) in [6.07, 6.45) is -4.01. The van der Waals surface area contributed by atoms with E-state index < -0.39 is 30.0 Å². The number of aliphatic hydroxyl groups excluding tert-OH is 2. The average Bonchev–Trinajstić information content (AvgIpc) is 2.77. The SMILES string of the molecule is CC(C)(C)C(=O)OC[C@H]1OC(O)[C@H](O)[C@@H]1OCc1ccccc1. The second-order valence-electron chi connectivity index (χ2n) is 6.67. The molecule has 0 saturated carbocycles. The Hall–Kier alpha value is -1.47.